The van der Waals surface area contributed by atoms with Gasteiger partial charge in [0.2, 0.25) is 0 Å². The van der Waals surface area contributed by atoms with Crippen molar-refractivity contribution >= 4 is 23.2 Å². The zero-order valence-corrected chi connectivity index (χ0v) is 10.0. The van der Waals surface area contributed by atoms with E-state index in [0.29, 0.717) is 10.6 Å². The molecule has 3 nitrogen and oxygen atoms in total. The van der Waals surface area contributed by atoms with Gasteiger partial charge in [-0.1, -0.05) is 29.3 Å². The number of aryl methyl sites for hydroxylation is 1. The van der Waals surface area contributed by atoms with Crippen LogP contribution in [0.5, 0.6) is 0 Å². The van der Waals surface area contributed by atoms with Gasteiger partial charge in [0.15, 0.2) is 0 Å². The molecule has 86 valence electrons. The van der Waals surface area contributed by atoms with Crippen molar-refractivity contribution in [2.75, 3.05) is 5.32 Å². The minimum absolute atomic E-state index is 0.235. The highest BCUT2D eigenvalue weighted by Gasteiger charge is 2.09. The molecule has 17 heavy (non-hydrogen) atoms. The maximum absolute atomic E-state index is 11.9. The smallest absolute Gasteiger partial charge is 0.257 e. The lowest BCUT2D eigenvalue weighted by Crippen LogP contribution is -2.12. The van der Waals surface area contributed by atoms with Gasteiger partial charge in [0.05, 0.1) is 10.6 Å². The number of amides is 1. The summed E-state index contributed by atoms with van der Waals surface area (Å²) >= 11 is 5.89. The van der Waals surface area contributed by atoms with E-state index < -0.39 is 0 Å². The average molecular weight is 247 g/mol. The molecule has 0 unspecified atom stereocenters. The van der Waals surface area contributed by atoms with E-state index in [9.17, 15) is 4.79 Å². The van der Waals surface area contributed by atoms with E-state index in [4.69, 9.17) is 11.6 Å². The molecule has 0 aliphatic rings. The number of rotatable bonds is 2. The number of pyridine rings is 1. The molecular formula is C13H11ClN2O. The lowest BCUT2D eigenvalue weighted by molar-refractivity contribution is 0.102. The maximum atomic E-state index is 11.9. The van der Waals surface area contributed by atoms with Crippen molar-refractivity contribution in [3.05, 3.63) is 58.9 Å². The van der Waals surface area contributed by atoms with Gasteiger partial charge in [0, 0.05) is 18.1 Å². The quantitative estimate of drug-likeness (QED) is 0.884. The largest absolute Gasteiger partial charge is 0.322 e. The standard InChI is InChI=1S/C13H11ClN2O/c1-9-2-4-10(5-3-9)16-13(17)11-6-7-15-8-12(11)14/h2-8H,1H3,(H,16,17). The summed E-state index contributed by atoms with van der Waals surface area (Å²) in [6.45, 7) is 1.99. The molecule has 0 fully saturated rings. The summed E-state index contributed by atoms with van der Waals surface area (Å²) in [6, 6.07) is 9.16. The van der Waals surface area contributed by atoms with Crippen LogP contribution < -0.4 is 5.32 Å². The van der Waals surface area contributed by atoms with E-state index in [1.165, 1.54) is 12.4 Å². The van der Waals surface area contributed by atoms with E-state index in [2.05, 4.69) is 10.3 Å². The van der Waals surface area contributed by atoms with Gasteiger partial charge in [0.1, 0.15) is 0 Å². The predicted octanol–water partition coefficient (Wildman–Crippen LogP) is 3.30. The molecule has 1 aromatic heterocycles. The Morgan fingerprint density at radius 1 is 1.24 bits per heavy atom. The Kier molecular flexibility index (Phi) is 3.40. The van der Waals surface area contributed by atoms with Crippen molar-refractivity contribution in [1.82, 2.24) is 4.98 Å². The maximum Gasteiger partial charge on any atom is 0.257 e. The second kappa shape index (κ2) is 4.97. The molecule has 4 heteroatoms. The molecule has 0 aliphatic heterocycles. The highest BCUT2D eigenvalue weighted by atomic mass is 35.5. The van der Waals surface area contributed by atoms with E-state index >= 15 is 0 Å². The zero-order valence-electron chi connectivity index (χ0n) is 9.27. The molecule has 0 saturated heterocycles. The van der Waals surface area contributed by atoms with Crippen molar-refractivity contribution in [1.29, 1.82) is 0 Å². The molecule has 1 aromatic carbocycles. The number of anilines is 1. The van der Waals surface area contributed by atoms with Gasteiger partial charge in [-0.2, -0.15) is 0 Å². The molecule has 0 spiro atoms. The van der Waals surface area contributed by atoms with Crippen molar-refractivity contribution in [2.24, 2.45) is 0 Å². The van der Waals surface area contributed by atoms with Gasteiger partial charge in [-0.05, 0) is 25.1 Å². The number of nitrogens with zero attached hydrogens (tertiary/aromatic N) is 1. The highest BCUT2D eigenvalue weighted by molar-refractivity contribution is 6.34. The number of benzene rings is 1. The molecule has 1 heterocycles. The second-order valence-electron chi connectivity index (χ2n) is 3.68. The van der Waals surface area contributed by atoms with Crippen molar-refractivity contribution in [3.63, 3.8) is 0 Å². The zero-order chi connectivity index (χ0) is 12.3. The Hall–Kier alpha value is -1.87. The number of hydrogen-bond donors (Lipinski definition) is 1. The molecule has 2 aromatic rings. The first-order chi connectivity index (χ1) is 8.16. The Balaban J connectivity index is 2.17. The molecule has 0 atom stereocenters. The first-order valence-corrected chi connectivity index (χ1v) is 5.52. The number of aromatic nitrogens is 1. The van der Waals surface area contributed by atoms with Crippen molar-refractivity contribution in [3.8, 4) is 0 Å². The molecule has 0 aliphatic carbocycles. The molecular weight excluding hydrogens is 236 g/mol. The predicted molar refractivity (Wildman–Crippen MR) is 68.4 cm³/mol. The Bertz CT molecular complexity index is 537. The molecule has 1 N–H and O–H groups in total. The topological polar surface area (TPSA) is 42.0 Å². The minimum atomic E-state index is -0.235. The average Bonchev–Trinajstić information content (AvgIpc) is 2.32. The third-order valence-corrected chi connectivity index (χ3v) is 2.63. The summed E-state index contributed by atoms with van der Waals surface area (Å²) in [4.78, 5) is 15.7. The van der Waals surface area contributed by atoms with E-state index in [0.717, 1.165) is 11.3 Å². The van der Waals surface area contributed by atoms with Crippen LogP contribution in [0.25, 0.3) is 0 Å². The molecule has 0 radical (unpaired) electrons. The molecule has 0 bridgehead atoms. The summed E-state index contributed by atoms with van der Waals surface area (Å²) in [5.41, 5.74) is 2.31. The third-order valence-electron chi connectivity index (χ3n) is 2.33. The third kappa shape index (κ3) is 2.82. The van der Waals surface area contributed by atoms with Gasteiger partial charge < -0.3 is 5.32 Å². The fourth-order valence-electron chi connectivity index (χ4n) is 1.39. The lowest BCUT2D eigenvalue weighted by Gasteiger charge is -2.06. The Morgan fingerprint density at radius 2 is 1.94 bits per heavy atom. The summed E-state index contributed by atoms with van der Waals surface area (Å²) in [6.07, 6.45) is 2.99. The van der Waals surface area contributed by atoms with E-state index in [1.54, 1.807) is 6.07 Å². The summed E-state index contributed by atoms with van der Waals surface area (Å²) < 4.78 is 0. The van der Waals surface area contributed by atoms with Gasteiger partial charge in [-0.3, -0.25) is 9.78 Å². The van der Waals surface area contributed by atoms with Crippen LogP contribution in [-0.4, -0.2) is 10.9 Å². The fourth-order valence-corrected chi connectivity index (χ4v) is 1.60. The van der Waals surface area contributed by atoms with Crippen LogP contribution in [0.2, 0.25) is 5.02 Å². The number of nitrogens with one attached hydrogen (secondary N) is 1. The molecule has 2 rings (SSSR count). The SMILES string of the molecule is Cc1ccc(NC(=O)c2ccncc2Cl)cc1. The van der Waals surface area contributed by atoms with Crippen LogP contribution in [0.15, 0.2) is 42.7 Å². The second-order valence-corrected chi connectivity index (χ2v) is 4.08. The Labute approximate surface area is 104 Å². The van der Waals surface area contributed by atoms with Gasteiger partial charge in [-0.15, -0.1) is 0 Å². The van der Waals surface area contributed by atoms with Crippen LogP contribution in [0.3, 0.4) is 0 Å². The highest BCUT2D eigenvalue weighted by Crippen LogP contribution is 2.16. The molecule has 0 saturated carbocycles. The van der Waals surface area contributed by atoms with Crippen LogP contribution in [-0.2, 0) is 0 Å². The molecule has 1 amide bonds. The number of halogens is 1. The van der Waals surface area contributed by atoms with E-state index in [1.807, 2.05) is 31.2 Å². The van der Waals surface area contributed by atoms with Gasteiger partial charge in [-0.25, -0.2) is 0 Å². The summed E-state index contributed by atoms with van der Waals surface area (Å²) in [5, 5.41) is 3.12. The number of carbonyl (C=O) groups excluding carboxylic acids is 1. The summed E-state index contributed by atoms with van der Waals surface area (Å²) in [5.74, 6) is -0.235. The van der Waals surface area contributed by atoms with Crippen LogP contribution in [0.1, 0.15) is 15.9 Å². The van der Waals surface area contributed by atoms with Crippen LogP contribution in [0.4, 0.5) is 5.69 Å². The lowest BCUT2D eigenvalue weighted by atomic mass is 10.2. The number of carbonyl (C=O) groups is 1. The monoisotopic (exact) mass is 246 g/mol. The van der Waals surface area contributed by atoms with Crippen LogP contribution >= 0.6 is 11.6 Å². The normalized spacial score (nSPS) is 10.0. The first kappa shape index (κ1) is 11.6. The van der Waals surface area contributed by atoms with E-state index in [-0.39, 0.29) is 5.91 Å². The van der Waals surface area contributed by atoms with Gasteiger partial charge >= 0.3 is 0 Å². The summed E-state index contributed by atoms with van der Waals surface area (Å²) in [7, 11) is 0. The Morgan fingerprint density at radius 3 is 2.59 bits per heavy atom. The van der Waals surface area contributed by atoms with Gasteiger partial charge in [0.25, 0.3) is 5.91 Å². The minimum Gasteiger partial charge on any atom is -0.322 e. The van der Waals surface area contributed by atoms with Crippen molar-refractivity contribution in [2.45, 2.75) is 6.92 Å². The first-order valence-electron chi connectivity index (χ1n) is 5.14. The fraction of sp³-hybridized carbons (Fsp3) is 0.0769. The van der Waals surface area contributed by atoms with Crippen LogP contribution in [0, 0.1) is 6.92 Å². The van der Waals surface area contributed by atoms with Crippen molar-refractivity contribution < 1.29 is 4.79 Å². The number of hydrogen-bond acceptors (Lipinski definition) is 2.